The Bertz CT molecular complexity index is 1320. The minimum atomic E-state index is -2.46. The molecule has 14 heteroatoms. The van der Waals surface area contributed by atoms with Crippen LogP contribution in [0, 0.1) is 5.92 Å². The van der Waals surface area contributed by atoms with Crippen LogP contribution in [0.25, 0.3) is 0 Å². The summed E-state index contributed by atoms with van der Waals surface area (Å²) in [6, 6.07) is 0. The molecule has 55 heavy (non-hydrogen) atoms. The average molecular weight is 847 g/mol. The van der Waals surface area contributed by atoms with Gasteiger partial charge in [0.15, 0.2) is 39.4 Å². The van der Waals surface area contributed by atoms with E-state index in [1.54, 1.807) is 6.26 Å². The highest BCUT2D eigenvalue weighted by atomic mass is 28.4. The molecule has 2 aliphatic rings. The van der Waals surface area contributed by atoms with E-state index in [0.717, 1.165) is 0 Å². The van der Waals surface area contributed by atoms with Crippen molar-refractivity contribution in [2.45, 2.75) is 219 Å². The topological polar surface area (TPSA) is 108 Å². The van der Waals surface area contributed by atoms with Gasteiger partial charge in [0, 0.05) is 19.8 Å². The summed E-state index contributed by atoms with van der Waals surface area (Å²) in [6.45, 7) is 48.4. The summed E-state index contributed by atoms with van der Waals surface area (Å²) < 4.78 is 54.3. The highest BCUT2D eigenvalue weighted by molar-refractivity contribution is 6.75. The van der Waals surface area contributed by atoms with Crippen molar-refractivity contribution in [1.29, 1.82) is 0 Å². The largest absolute Gasteiger partial charge is 0.491 e. The van der Waals surface area contributed by atoms with E-state index >= 15 is 0 Å². The molecule has 0 spiro atoms. The lowest BCUT2D eigenvalue weighted by atomic mass is 9.85. The number of hydrogen-bond donors (Lipinski definition) is 0. The van der Waals surface area contributed by atoms with Crippen molar-refractivity contribution < 1.29 is 46.2 Å². The van der Waals surface area contributed by atoms with Crippen LogP contribution in [0.1, 0.15) is 103 Å². The van der Waals surface area contributed by atoms with Gasteiger partial charge in [0.2, 0.25) is 0 Å². The Balaban J connectivity index is 2.93. The van der Waals surface area contributed by atoms with E-state index < -0.39 is 87.9 Å². The Morgan fingerprint density at radius 1 is 0.545 bits per heavy atom. The van der Waals surface area contributed by atoms with E-state index in [-0.39, 0.29) is 32.7 Å². The first kappa shape index (κ1) is 50.3. The van der Waals surface area contributed by atoms with Gasteiger partial charge in [0.1, 0.15) is 31.0 Å². The SMILES string of the molecule is CC(=O)OC[C@H]1OC=C[C@@H](C[C@@H]2O[C@H](CO[Si](C)(C)C(C)(C)C)[C@H](O[Si](C)(C)C(C)(C)C)[C@H](O[Si](C)(C)C(C)(C)C)[C@H]2O[Si](C)(C)C(C)(C)C)[C@H]1OC(C)=O. The quantitative estimate of drug-likeness (QED) is 0.124. The van der Waals surface area contributed by atoms with Gasteiger partial charge in [-0.1, -0.05) is 83.1 Å². The Labute approximate surface area is 340 Å². The van der Waals surface area contributed by atoms with E-state index in [9.17, 15) is 9.59 Å². The number of carbonyl (C=O) groups is 2. The number of rotatable bonds is 14. The van der Waals surface area contributed by atoms with Gasteiger partial charge in [-0.15, -0.1) is 0 Å². The zero-order valence-corrected chi connectivity index (χ0v) is 43.0. The van der Waals surface area contributed by atoms with Crippen molar-refractivity contribution in [1.82, 2.24) is 0 Å². The molecule has 0 aliphatic carbocycles. The maximum Gasteiger partial charge on any atom is 0.303 e. The van der Waals surface area contributed by atoms with Gasteiger partial charge < -0.3 is 36.7 Å². The molecule has 2 rings (SSSR count). The predicted octanol–water partition coefficient (Wildman–Crippen LogP) is 10.4. The maximum absolute atomic E-state index is 12.6. The second kappa shape index (κ2) is 17.8. The number of hydrogen-bond acceptors (Lipinski definition) is 10. The molecule has 0 radical (unpaired) electrons. The molecule has 0 N–H and O–H groups in total. The summed E-state index contributed by atoms with van der Waals surface area (Å²) >= 11 is 0. The van der Waals surface area contributed by atoms with Crippen LogP contribution in [0.3, 0.4) is 0 Å². The molecule has 0 amide bonds. The van der Waals surface area contributed by atoms with Gasteiger partial charge in [-0.3, -0.25) is 9.59 Å². The van der Waals surface area contributed by atoms with E-state index in [1.807, 2.05) is 6.08 Å². The average Bonchev–Trinajstić information content (AvgIpc) is 2.96. The van der Waals surface area contributed by atoms with Gasteiger partial charge >= 0.3 is 11.9 Å². The third kappa shape index (κ3) is 13.1. The van der Waals surface area contributed by atoms with Gasteiger partial charge in [-0.05, 0) is 85.0 Å². The molecule has 322 valence electrons. The molecule has 2 heterocycles. The van der Waals surface area contributed by atoms with Crippen LogP contribution in [-0.2, 0) is 46.2 Å². The molecule has 0 aromatic carbocycles. The summed E-state index contributed by atoms with van der Waals surface area (Å²) in [5.41, 5.74) is 0. The molecule has 0 unspecified atom stereocenters. The van der Waals surface area contributed by atoms with E-state index in [0.29, 0.717) is 13.0 Å². The number of ether oxygens (including phenoxy) is 4. The van der Waals surface area contributed by atoms with Crippen molar-refractivity contribution in [2.75, 3.05) is 13.2 Å². The standard InChI is InChI=1S/C41H82O10Si4/c1-28(42)45-26-32-34(47-29(2)43)30(23-24-44-32)25-31-35(49-53(17,18)39(6,7)8)37(51-55(21,22)41(12,13)14)36(50-54(19,20)40(9,10)11)33(48-31)27-46-52(15,16)38(3,4)5/h23-24,30-37H,25-27H2,1-22H3/t30-,31-,32+,33+,34+,35-,36-,37+/m0/s1. The fraction of sp³-hybridized carbons (Fsp3) is 0.902. The summed E-state index contributed by atoms with van der Waals surface area (Å²) in [5, 5.41) is -0.286. The van der Waals surface area contributed by atoms with Gasteiger partial charge in [0.05, 0.1) is 25.1 Å². The fourth-order valence-corrected chi connectivity index (χ4v) is 10.6. The van der Waals surface area contributed by atoms with Crippen molar-refractivity contribution in [3.05, 3.63) is 12.3 Å². The van der Waals surface area contributed by atoms with Crippen molar-refractivity contribution in [3.63, 3.8) is 0 Å². The zero-order chi connectivity index (χ0) is 43.0. The first-order valence-corrected chi connectivity index (χ1v) is 32.0. The summed E-state index contributed by atoms with van der Waals surface area (Å²) in [6.07, 6.45) is 0.195. The first-order chi connectivity index (χ1) is 24.4. The zero-order valence-electron chi connectivity index (χ0n) is 39.0. The van der Waals surface area contributed by atoms with Crippen LogP contribution in [0.2, 0.25) is 72.5 Å². The Morgan fingerprint density at radius 3 is 1.36 bits per heavy atom. The van der Waals surface area contributed by atoms with Crippen LogP contribution >= 0.6 is 0 Å². The van der Waals surface area contributed by atoms with E-state index in [2.05, 4.69) is 135 Å². The molecular formula is C41H82O10Si4. The lowest BCUT2D eigenvalue weighted by Gasteiger charge is -2.55. The third-order valence-corrected chi connectivity index (χ3v) is 31.4. The molecule has 2 aliphatic heterocycles. The molecule has 10 nitrogen and oxygen atoms in total. The minimum absolute atomic E-state index is 0.0109. The number of esters is 2. The second-order valence-electron chi connectivity index (χ2n) is 22.1. The summed E-state index contributed by atoms with van der Waals surface area (Å²) in [7, 11) is -9.56. The normalized spacial score (nSPS) is 27.7. The molecule has 0 aromatic heterocycles. The summed E-state index contributed by atoms with van der Waals surface area (Å²) in [4.78, 5) is 24.4. The van der Waals surface area contributed by atoms with Gasteiger partial charge in [-0.2, -0.15) is 0 Å². The van der Waals surface area contributed by atoms with Crippen molar-refractivity contribution >= 4 is 45.2 Å². The lowest BCUT2D eigenvalue weighted by molar-refractivity contribution is -0.222. The molecule has 0 aromatic rings. The smallest absolute Gasteiger partial charge is 0.303 e. The second-order valence-corrected chi connectivity index (χ2v) is 41.2. The maximum atomic E-state index is 12.6. The van der Waals surface area contributed by atoms with E-state index in [4.69, 9.17) is 36.7 Å². The molecule has 8 atom stereocenters. The van der Waals surface area contributed by atoms with Gasteiger partial charge in [-0.25, -0.2) is 0 Å². The van der Waals surface area contributed by atoms with Gasteiger partial charge in [0.25, 0.3) is 0 Å². The highest BCUT2D eigenvalue weighted by Crippen LogP contribution is 2.47. The lowest BCUT2D eigenvalue weighted by Crippen LogP contribution is -2.68. The van der Waals surface area contributed by atoms with Crippen LogP contribution in [0.15, 0.2) is 12.3 Å². The molecule has 1 saturated heterocycles. The fourth-order valence-electron chi connectivity index (χ4n) is 5.67. The predicted molar refractivity (Wildman–Crippen MR) is 232 cm³/mol. The summed E-state index contributed by atoms with van der Waals surface area (Å²) in [5.74, 6) is -1.21. The minimum Gasteiger partial charge on any atom is -0.491 e. The van der Waals surface area contributed by atoms with Crippen molar-refractivity contribution in [2.24, 2.45) is 5.92 Å². The monoisotopic (exact) mass is 846 g/mol. The highest BCUT2D eigenvalue weighted by Gasteiger charge is 2.57. The van der Waals surface area contributed by atoms with Crippen LogP contribution < -0.4 is 0 Å². The molecule has 1 fully saturated rings. The molecular weight excluding hydrogens is 765 g/mol. The van der Waals surface area contributed by atoms with Crippen molar-refractivity contribution in [3.8, 4) is 0 Å². The van der Waals surface area contributed by atoms with E-state index in [1.165, 1.54) is 13.8 Å². The van der Waals surface area contributed by atoms with Crippen LogP contribution in [0.4, 0.5) is 0 Å². The van der Waals surface area contributed by atoms with Crippen LogP contribution in [0.5, 0.6) is 0 Å². The van der Waals surface area contributed by atoms with Crippen LogP contribution in [-0.4, -0.2) is 101 Å². The Hall–Kier alpha value is -0.852. The first-order valence-electron chi connectivity index (χ1n) is 20.4. The Morgan fingerprint density at radius 2 is 0.964 bits per heavy atom. The number of carbonyl (C=O) groups excluding carboxylic acids is 2. The molecule has 0 bridgehead atoms. The Kier molecular flexibility index (Phi) is 16.3. The third-order valence-electron chi connectivity index (χ3n) is 13.5. The molecule has 0 saturated carbocycles.